The summed E-state index contributed by atoms with van der Waals surface area (Å²) in [6.45, 7) is 4.94. The maximum absolute atomic E-state index is 9.41. The summed E-state index contributed by atoms with van der Waals surface area (Å²) in [5.41, 5.74) is 4.62. The number of benzene rings is 2. The summed E-state index contributed by atoms with van der Waals surface area (Å²) < 4.78 is 2.10. The minimum atomic E-state index is 0. The first-order valence-electron chi connectivity index (χ1n) is 7.48. The van der Waals surface area contributed by atoms with Crippen LogP contribution in [0.25, 0.3) is 0 Å². The standard InChI is InChI=1S/C18H23NO2S.ClH/c1-14-7-8-18(15(2)13-14)22-19(10-12-21)17-6-4-3-5-16(17)9-11-20;/h3-8,13,20-21H,9-12H2,1-2H3;1H. The second-order valence-corrected chi connectivity index (χ2v) is 6.35. The van der Waals surface area contributed by atoms with Gasteiger partial charge in [0.2, 0.25) is 0 Å². The molecule has 2 rings (SSSR count). The molecule has 2 aromatic rings. The highest BCUT2D eigenvalue weighted by Crippen LogP contribution is 2.33. The van der Waals surface area contributed by atoms with Crippen LogP contribution in [0.5, 0.6) is 0 Å². The zero-order valence-electron chi connectivity index (χ0n) is 13.5. The third-order valence-corrected chi connectivity index (χ3v) is 4.74. The normalized spacial score (nSPS) is 10.3. The fourth-order valence-electron chi connectivity index (χ4n) is 2.41. The van der Waals surface area contributed by atoms with E-state index in [1.165, 1.54) is 16.0 Å². The minimum absolute atomic E-state index is 0. The molecule has 0 atom stereocenters. The maximum Gasteiger partial charge on any atom is 0.0617 e. The van der Waals surface area contributed by atoms with E-state index >= 15 is 0 Å². The van der Waals surface area contributed by atoms with E-state index in [1.807, 2.05) is 24.3 Å². The molecule has 0 fully saturated rings. The van der Waals surface area contributed by atoms with E-state index in [1.54, 1.807) is 11.9 Å². The van der Waals surface area contributed by atoms with Crippen LogP contribution in [-0.2, 0) is 6.42 Å². The minimum Gasteiger partial charge on any atom is -0.396 e. The molecule has 126 valence electrons. The fraction of sp³-hybridized carbons (Fsp3) is 0.333. The number of aliphatic hydroxyl groups excluding tert-OH is 2. The molecule has 0 aromatic heterocycles. The third kappa shape index (κ3) is 5.43. The lowest BCUT2D eigenvalue weighted by Gasteiger charge is -2.25. The van der Waals surface area contributed by atoms with Crippen molar-refractivity contribution < 1.29 is 10.2 Å². The van der Waals surface area contributed by atoms with Crippen molar-refractivity contribution in [1.29, 1.82) is 0 Å². The van der Waals surface area contributed by atoms with Crippen LogP contribution >= 0.6 is 24.4 Å². The largest absolute Gasteiger partial charge is 0.396 e. The van der Waals surface area contributed by atoms with Gasteiger partial charge in [0.05, 0.1) is 18.8 Å². The van der Waals surface area contributed by atoms with Crippen LogP contribution < -0.4 is 4.31 Å². The van der Waals surface area contributed by atoms with Crippen LogP contribution in [-0.4, -0.2) is 30.0 Å². The first kappa shape index (κ1) is 19.8. The van der Waals surface area contributed by atoms with Gasteiger partial charge in [0, 0.05) is 11.5 Å². The van der Waals surface area contributed by atoms with Gasteiger partial charge in [-0.2, -0.15) is 0 Å². The number of anilines is 1. The zero-order valence-corrected chi connectivity index (χ0v) is 15.2. The molecular formula is C18H24ClNO2S. The summed E-state index contributed by atoms with van der Waals surface area (Å²) in [6.07, 6.45) is 0.617. The van der Waals surface area contributed by atoms with Gasteiger partial charge < -0.3 is 14.5 Å². The molecule has 0 aliphatic rings. The molecule has 5 heteroatoms. The van der Waals surface area contributed by atoms with Gasteiger partial charge in [-0.1, -0.05) is 35.9 Å². The first-order chi connectivity index (χ1) is 10.7. The van der Waals surface area contributed by atoms with Crippen molar-refractivity contribution in [2.24, 2.45) is 0 Å². The van der Waals surface area contributed by atoms with Crippen LogP contribution in [0, 0.1) is 13.8 Å². The van der Waals surface area contributed by atoms with Gasteiger partial charge in [-0.3, -0.25) is 0 Å². The van der Waals surface area contributed by atoms with Crippen LogP contribution in [0.4, 0.5) is 5.69 Å². The monoisotopic (exact) mass is 353 g/mol. The molecule has 0 aliphatic heterocycles. The molecule has 0 aliphatic carbocycles. The Kier molecular flexibility index (Phi) is 8.48. The second-order valence-electron chi connectivity index (χ2n) is 5.29. The van der Waals surface area contributed by atoms with E-state index in [4.69, 9.17) is 0 Å². The molecule has 0 unspecified atom stereocenters. The Labute approximate surface area is 148 Å². The summed E-state index contributed by atoms with van der Waals surface area (Å²) in [6, 6.07) is 14.4. The Morgan fingerprint density at radius 1 is 1.00 bits per heavy atom. The molecule has 0 spiro atoms. The summed E-state index contributed by atoms with van der Waals surface area (Å²) in [4.78, 5) is 1.18. The number of hydrogen-bond donors (Lipinski definition) is 2. The van der Waals surface area contributed by atoms with E-state index < -0.39 is 0 Å². The molecule has 2 aromatic carbocycles. The van der Waals surface area contributed by atoms with Crippen molar-refractivity contribution in [2.45, 2.75) is 25.2 Å². The average Bonchev–Trinajstić information content (AvgIpc) is 2.50. The molecule has 0 bridgehead atoms. The van der Waals surface area contributed by atoms with Crippen molar-refractivity contribution in [2.75, 3.05) is 24.1 Å². The lowest BCUT2D eigenvalue weighted by Crippen LogP contribution is -2.20. The Morgan fingerprint density at radius 3 is 2.39 bits per heavy atom. The van der Waals surface area contributed by atoms with Gasteiger partial charge in [-0.25, -0.2) is 0 Å². The maximum atomic E-state index is 9.41. The quantitative estimate of drug-likeness (QED) is 0.744. The smallest absolute Gasteiger partial charge is 0.0617 e. The number of aliphatic hydroxyl groups is 2. The van der Waals surface area contributed by atoms with E-state index in [9.17, 15) is 10.2 Å². The SMILES string of the molecule is Cc1ccc(SN(CCO)c2ccccc2CCO)c(C)c1.Cl. The number of nitrogens with zero attached hydrogens (tertiary/aromatic N) is 1. The van der Waals surface area contributed by atoms with Gasteiger partial charge >= 0.3 is 0 Å². The van der Waals surface area contributed by atoms with Crippen LogP contribution in [0.3, 0.4) is 0 Å². The van der Waals surface area contributed by atoms with Gasteiger partial charge in [0.25, 0.3) is 0 Å². The number of hydrogen-bond acceptors (Lipinski definition) is 4. The first-order valence-corrected chi connectivity index (χ1v) is 8.25. The predicted octanol–water partition coefficient (Wildman–Crippen LogP) is 3.77. The van der Waals surface area contributed by atoms with E-state index in [0.717, 1.165) is 11.3 Å². The summed E-state index contributed by atoms with van der Waals surface area (Å²) in [5, 5.41) is 18.7. The molecule has 0 heterocycles. The number of rotatable bonds is 7. The molecule has 23 heavy (non-hydrogen) atoms. The second kappa shape index (κ2) is 9.83. The molecule has 2 N–H and O–H groups in total. The number of para-hydroxylation sites is 1. The molecule has 0 saturated carbocycles. The van der Waals surface area contributed by atoms with Gasteiger partial charge in [0.15, 0.2) is 0 Å². The van der Waals surface area contributed by atoms with E-state index in [-0.39, 0.29) is 25.6 Å². The Bertz CT molecular complexity index is 622. The molecule has 0 amide bonds. The summed E-state index contributed by atoms with van der Waals surface area (Å²) >= 11 is 1.63. The van der Waals surface area contributed by atoms with E-state index in [0.29, 0.717) is 13.0 Å². The predicted molar refractivity (Wildman–Crippen MR) is 101 cm³/mol. The Balaban J connectivity index is 0.00000264. The zero-order chi connectivity index (χ0) is 15.9. The van der Waals surface area contributed by atoms with Gasteiger partial charge in [0.1, 0.15) is 0 Å². The van der Waals surface area contributed by atoms with Crippen molar-refractivity contribution in [3.05, 3.63) is 59.2 Å². The van der Waals surface area contributed by atoms with Crippen molar-refractivity contribution in [1.82, 2.24) is 0 Å². The summed E-state index contributed by atoms with van der Waals surface area (Å²) in [5.74, 6) is 0. The third-order valence-electron chi connectivity index (χ3n) is 3.48. The van der Waals surface area contributed by atoms with E-state index in [2.05, 4.69) is 36.4 Å². The molecule has 0 saturated heterocycles. The van der Waals surface area contributed by atoms with Crippen LogP contribution in [0.15, 0.2) is 47.4 Å². The highest BCUT2D eigenvalue weighted by atomic mass is 35.5. The highest BCUT2D eigenvalue weighted by molar-refractivity contribution is 8.00. The number of halogens is 1. The molecule has 3 nitrogen and oxygen atoms in total. The van der Waals surface area contributed by atoms with Crippen molar-refractivity contribution in [3.63, 3.8) is 0 Å². The fourth-order valence-corrected chi connectivity index (χ4v) is 3.43. The highest BCUT2D eigenvalue weighted by Gasteiger charge is 2.13. The van der Waals surface area contributed by atoms with Crippen LogP contribution in [0.2, 0.25) is 0 Å². The lowest BCUT2D eigenvalue weighted by atomic mass is 10.1. The average molecular weight is 354 g/mol. The van der Waals surface area contributed by atoms with Crippen molar-refractivity contribution >= 4 is 30.0 Å². The molecule has 0 radical (unpaired) electrons. The topological polar surface area (TPSA) is 43.7 Å². The van der Waals surface area contributed by atoms with Gasteiger partial charge in [-0.05, 0) is 55.5 Å². The van der Waals surface area contributed by atoms with Crippen LogP contribution in [0.1, 0.15) is 16.7 Å². The summed E-state index contributed by atoms with van der Waals surface area (Å²) in [7, 11) is 0. The Morgan fingerprint density at radius 2 is 1.74 bits per heavy atom. The van der Waals surface area contributed by atoms with Gasteiger partial charge in [-0.15, -0.1) is 12.4 Å². The lowest BCUT2D eigenvalue weighted by molar-refractivity contribution is 0.299. The Hall–Kier alpha value is -1.20. The number of aryl methyl sites for hydroxylation is 2. The van der Waals surface area contributed by atoms with Crippen molar-refractivity contribution in [3.8, 4) is 0 Å². The molecular weight excluding hydrogens is 330 g/mol.